The molecule has 5 heteroatoms. The van der Waals surface area contributed by atoms with Gasteiger partial charge >= 0.3 is 11.9 Å². The van der Waals surface area contributed by atoms with Gasteiger partial charge in [0.15, 0.2) is 0 Å². The molecule has 0 radical (unpaired) electrons. The maximum absolute atomic E-state index is 11.0. The first-order valence-corrected chi connectivity index (χ1v) is 6.74. The van der Waals surface area contributed by atoms with Gasteiger partial charge in [-0.15, -0.1) is 0 Å². The highest BCUT2D eigenvalue weighted by atomic mass is 16.5. The fourth-order valence-electron chi connectivity index (χ4n) is 1.93. The lowest BCUT2D eigenvalue weighted by atomic mass is 10.0. The standard InChI is InChI=1S/C8H14O2.C7H6O3/c1-2-7-5-3-4-6-10-8(7)9;8-6-4-2-1-3-5(6)7(9)10/h7H,2-6H2,1H3;1-4,8H,(H,9,10). The van der Waals surface area contributed by atoms with Crippen LogP contribution in [0.5, 0.6) is 5.75 Å². The third-order valence-electron chi connectivity index (χ3n) is 3.15. The number of carboxylic acids is 1. The number of ether oxygens (including phenoxy) is 1. The molecule has 0 bridgehead atoms. The summed E-state index contributed by atoms with van der Waals surface area (Å²) in [5.41, 5.74) is -0.0671. The molecule has 0 aliphatic carbocycles. The second-order valence-corrected chi connectivity index (χ2v) is 4.59. The van der Waals surface area contributed by atoms with Crippen molar-refractivity contribution in [3.63, 3.8) is 0 Å². The van der Waals surface area contributed by atoms with Gasteiger partial charge in [0.25, 0.3) is 0 Å². The maximum atomic E-state index is 11.0. The minimum atomic E-state index is -1.11. The second kappa shape index (κ2) is 8.19. The van der Waals surface area contributed by atoms with Crippen LogP contribution in [0.3, 0.4) is 0 Å². The fraction of sp³-hybridized carbons (Fsp3) is 0.467. The Kier molecular flexibility index (Phi) is 6.56. The largest absolute Gasteiger partial charge is 0.507 e. The van der Waals surface area contributed by atoms with E-state index in [2.05, 4.69) is 0 Å². The summed E-state index contributed by atoms with van der Waals surface area (Å²) in [6, 6.07) is 5.81. The number of cyclic esters (lactones) is 1. The highest BCUT2D eigenvalue weighted by Gasteiger charge is 2.19. The molecule has 1 aliphatic rings. The monoisotopic (exact) mass is 280 g/mol. The number of carboxylic acid groups (broad SMARTS) is 1. The van der Waals surface area contributed by atoms with E-state index in [-0.39, 0.29) is 23.2 Å². The van der Waals surface area contributed by atoms with Gasteiger partial charge in [0.05, 0.1) is 12.5 Å². The average Bonchev–Trinajstić information content (AvgIpc) is 2.64. The van der Waals surface area contributed by atoms with Crippen LogP contribution in [0.25, 0.3) is 0 Å². The van der Waals surface area contributed by atoms with Crippen LogP contribution in [-0.2, 0) is 9.53 Å². The first kappa shape index (κ1) is 16.0. The number of aromatic carboxylic acids is 1. The Bertz CT molecular complexity index is 455. The maximum Gasteiger partial charge on any atom is 0.339 e. The van der Waals surface area contributed by atoms with Gasteiger partial charge in [-0.2, -0.15) is 0 Å². The van der Waals surface area contributed by atoms with Gasteiger partial charge in [-0.3, -0.25) is 4.79 Å². The lowest BCUT2D eigenvalue weighted by molar-refractivity contribution is -0.147. The number of aromatic hydroxyl groups is 1. The van der Waals surface area contributed by atoms with Crippen LogP contribution in [0.15, 0.2) is 24.3 Å². The van der Waals surface area contributed by atoms with Gasteiger partial charge in [0, 0.05) is 0 Å². The second-order valence-electron chi connectivity index (χ2n) is 4.59. The average molecular weight is 280 g/mol. The Balaban J connectivity index is 0.000000200. The van der Waals surface area contributed by atoms with Crippen LogP contribution in [0.1, 0.15) is 43.0 Å². The zero-order valence-corrected chi connectivity index (χ0v) is 11.5. The van der Waals surface area contributed by atoms with Crippen LogP contribution < -0.4 is 0 Å². The third-order valence-corrected chi connectivity index (χ3v) is 3.15. The molecule has 1 aromatic rings. The number of carbonyl (C=O) groups is 2. The van der Waals surface area contributed by atoms with Gasteiger partial charge in [-0.1, -0.05) is 19.1 Å². The van der Waals surface area contributed by atoms with Crippen molar-refractivity contribution >= 4 is 11.9 Å². The Morgan fingerprint density at radius 1 is 1.35 bits per heavy atom. The molecule has 2 rings (SSSR count). The summed E-state index contributed by atoms with van der Waals surface area (Å²) in [7, 11) is 0. The number of carbonyl (C=O) groups excluding carboxylic acids is 1. The molecule has 1 aliphatic heterocycles. The Morgan fingerprint density at radius 3 is 2.60 bits per heavy atom. The molecule has 5 nitrogen and oxygen atoms in total. The minimum absolute atomic E-state index is 0.0139. The molecule has 1 saturated heterocycles. The molecular weight excluding hydrogens is 260 g/mol. The molecule has 110 valence electrons. The Morgan fingerprint density at radius 2 is 2.05 bits per heavy atom. The van der Waals surface area contributed by atoms with Gasteiger partial charge in [-0.25, -0.2) is 4.79 Å². The SMILES string of the molecule is CCC1CCCCOC1=O.O=C(O)c1ccccc1O. The van der Waals surface area contributed by atoms with Crippen molar-refractivity contribution < 1.29 is 24.5 Å². The fourth-order valence-corrected chi connectivity index (χ4v) is 1.93. The summed E-state index contributed by atoms with van der Waals surface area (Å²) in [6.07, 6.45) is 4.14. The molecule has 0 aromatic heterocycles. The number of esters is 1. The summed E-state index contributed by atoms with van der Waals surface area (Å²) in [5.74, 6) is -1.12. The van der Waals surface area contributed by atoms with Crippen molar-refractivity contribution in [2.75, 3.05) is 6.61 Å². The van der Waals surface area contributed by atoms with Gasteiger partial charge in [-0.05, 0) is 37.8 Å². The van der Waals surface area contributed by atoms with Gasteiger partial charge in [0.1, 0.15) is 11.3 Å². The van der Waals surface area contributed by atoms with E-state index >= 15 is 0 Å². The molecule has 20 heavy (non-hydrogen) atoms. The molecule has 1 aromatic carbocycles. The summed E-state index contributed by atoms with van der Waals surface area (Å²) < 4.78 is 4.97. The van der Waals surface area contributed by atoms with Crippen LogP contribution >= 0.6 is 0 Å². The van der Waals surface area contributed by atoms with Crippen molar-refractivity contribution in [2.45, 2.75) is 32.6 Å². The number of para-hydroxylation sites is 1. The molecule has 1 unspecified atom stereocenters. The predicted octanol–water partition coefficient (Wildman–Crippen LogP) is 2.83. The van der Waals surface area contributed by atoms with E-state index in [1.165, 1.54) is 12.1 Å². The predicted molar refractivity (Wildman–Crippen MR) is 73.7 cm³/mol. The van der Waals surface area contributed by atoms with Crippen LogP contribution in [0.2, 0.25) is 0 Å². The van der Waals surface area contributed by atoms with Crippen LogP contribution in [-0.4, -0.2) is 28.8 Å². The van der Waals surface area contributed by atoms with Crippen LogP contribution in [0, 0.1) is 5.92 Å². The van der Waals surface area contributed by atoms with Crippen molar-refractivity contribution in [3.8, 4) is 5.75 Å². The van der Waals surface area contributed by atoms with Crippen molar-refractivity contribution in [3.05, 3.63) is 29.8 Å². The van der Waals surface area contributed by atoms with E-state index in [1.807, 2.05) is 6.92 Å². The number of rotatable bonds is 2. The molecule has 0 saturated carbocycles. The number of hydrogen-bond acceptors (Lipinski definition) is 4. The number of benzene rings is 1. The Labute approximate surface area is 118 Å². The highest BCUT2D eigenvalue weighted by molar-refractivity contribution is 5.90. The third kappa shape index (κ3) is 4.91. The van der Waals surface area contributed by atoms with E-state index in [0.29, 0.717) is 6.61 Å². The summed E-state index contributed by atoms with van der Waals surface area (Å²) in [6.45, 7) is 2.67. The first-order chi connectivity index (χ1) is 9.56. The molecular formula is C15H20O5. The highest BCUT2D eigenvalue weighted by Crippen LogP contribution is 2.17. The first-order valence-electron chi connectivity index (χ1n) is 6.74. The summed E-state index contributed by atoms with van der Waals surface area (Å²) >= 11 is 0. The summed E-state index contributed by atoms with van der Waals surface area (Å²) in [4.78, 5) is 21.3. The smallest absolute Gasteiger partial charge is 0.339 e. The van der Waals surface area contributed by atoms with E-state index in [0.717, 1.165) is 25.7 Å². The summed E-state index contributed by atoms with van der Waals surface area (Å²) in [5, 5.41) is 17.3. The van der Waals surface area contributed by atoms with Crippen LogP contribution in [0.4, 0.5) is 0 Å². The molecule has 1 heterocycles. The normalized spacial score (nSPS) is 18.2. The minimum Gasteiger partial charge on any atom is -0.507 e. The molecule has 2 N–H and O–H groups in total. The quantitative estimate of drug-likeness (QED) is 0.814. The molecule has 1 atom stereocenters. The zero-order chi connectivity index (χ0) is 15.0. The van der Waals surface area contributed by atoms with Crippen molar-refractivity contribution in [2.24, 2.45) is 5.92 Å². The lowest BCUT2D eigenvalue weighted by Gasteiger charge is -2.07. The Hall–Kier alpha value is -2.04. The van der Waals surface area contributed by atoms with Crippen molar-refractivity contribution in [1.82, 2.24) is 0 Å². The lowest BCUT2D eigenvalue weighted by Crippen LogP contribution is -2.14. The van der Waals surface area contributed by atoms with E-state index in [9.17, 15) is 9.59 Å². The zero-order valence-electron chi connectivity index (χ0n) is 11.5. The molecule has 0 amide bonds. The van der Waals surface area contributed by atoms with E-state index < -0.39 is 5.97 Å². The van der Waals surface area contributed by atoms with Gasteiger partial charge in [0.2, 0.25) is 0 Å². The van der Waals surface area contributed by atoms with Crippen molar-refractivity contribution in [1.29, 1.82) is 0 Å². The van der Waals surface area contributed by atoms with Gasteiger partial charge < -0.3 is 14.9 Å². The molecule has 1 fully saturated rings. The van der Waals surface area contributed by atoms with E-state index in [1.54, 1.807) is 12.1 Å². The number of phenols is 1. The van der Waals surface area contributed by atoms with E-state index in [4.69, 9.17) is 14.9 Å². The molecule has 0 spiro atoms. The topological polar surface area (TPSA) is 83.8 Å². The number of hydrogen-bond donors (Lipinski definition) is 2.